The summed E-state index contributed by atoms with van der Waals surface area (Å²) in [5.74, 6) is 0. The molecular formula is C48H28O2. The maximum Gasteiger partial charge on any atom is 0.144 e. The zero-order chi connectivity index (χ0) is 32.8. The van der Waals surface area contributed by atoms with Gasteiger partial charge in [-0.15, -0.1) is 0 Å². The Morgan fingerprint density at radius 2 is 0.800 bits per heavy atom. The molecule has 232 valence electrons. The molecule has 0 saturated heterocycles. The molecule has 0 aliphatic carbocycles. The van der Waals surface area contributed by atoms with Gasteiger partial charge in [0.2, 0.25) is 0 Å². The zero-order valence-electron chi connectivity index (χ0n) is 27.0. The van der Waals surface area contributed by atoms with E-state index in [2.05, 4.69) is 146 Å². The van der Waals surface area contributed by atoms with Gasteiger partial charge in [0, 0.05) is 27.1 Å². The Morgan fingerprint density at radius 1 is 0.280 bits per heavy atom. The molecule has 0 amide bonds. The predicted molar refractivity (Wildman–Crippen MR) is 210 cm³/mol. The van der Waals surface area contributed by atoms with Gasteiger partial charge < -0.3 is 8.83 Å². The summed E-state index contributed by atoms with van der Waals surface area (Å²) in [5, 5.41) is 11.7. The Kier molecular flexibility index (Phi) is 5.70. The molecule has 0 N–H and O–H groups in total. The fraction of sp³-hybridized carbons (Fsp3) is 0. The summed E-state index contributed by atoms with van der Waals surface area (Å²) in [5.41, 5.74) is 10.5. The Bertz CT molecular complexity index is 3090. The van der Waals surface area contributed by atoms with Crippen LogP contribution >= 0.6 is 0 Å². The number of furan rings is 2. The molecule has 2 aromatic heterocycles. The van der Waals surface area contributed by atoms with E-state index in [1.807, 2.05) is 24.3 Å². The molecule has 0 saturated carbocycles. The minimum absolute atomic E-state index is 0.862. The average Bonchev–Trinajstić information content (AvgIpc) is 3.74. The Balaban J connectivity index is 1.22. The van der Waals surface area contributed by atoms with E-state index >= 15 is 0 Å². The summed E-state index contributed by atoms with van der Waals surface area (Å²) in [6.45, 7) is 0. The molecule has 0 aliphatic rings. The summed E-state index contributed by atoms with van der Waals surface area (Å²) in [4.78, 5) is 0. The van der Waals surface area contributed by atoms with Crippen molar-refractivity contribution >= 4 is 76.2 Å². The fourth-order valence-electron chi connectivity index (χ4n) is 8.26. The smallest absolute Gasteiger partial charge is 0.144 e. The van der Waals surface area contributed by atoms with Crippen LogP contribution in [0.15, 0.2) is 179 Å². The van der Waals surface area contributed by atoms with E-state index in [4.69, 9.17) is 8.83 Å². The maximum atomic E-state index is 6.70. The number of hydrogen-bond donors (Lipinski definition) is 0. The van der Waals surface area contributed by atoms with Gasteiger partial charge in [-0.05, 0) is 90.5 Å². The summed E-state index contributed by atoms with van der Waals surface area (Å²) >= 11 is 0. The lowest BCUT2D eigenvalue weighted by Gasteiger charge is -2.18. The van der Waals surface area contributed by atoms with Gasteiger partial charge >= 0.3 is 0 Å². The zero-order valence-corrected chi connectivity index (χ0v) is 27.0. The van der Waals surface area contributed by atoms with Crippen LogP contribution in [0.25, 0.3) is 110 Å². The molecule has 0 aliphatic heterocycles. The SMILES string of the molecule is c1cc(-c2c3ccccc3c(-c3ccc4ccccc4c3)c3ccccc23)cc(-c2c3oc4ccccc4c3cc3oc4ccccc4c23)c1. The van der Waals surface area contributed by atoms with Crippen LogP contribution in [-0.4, -0.2) is 0 Å². The van der Waals surface area contributed by atoms with Gasteiger partial charge in [0.25, 0.3) is 0 Å². The summed E-state index contributed by atoms with van der Waals surface area (Å²) in [7, 11) is 0. The van der Waals surface area contributed by atoms with Gasteiger partial charge in [-0.3, -0.25) is 0 Å². The van der Waals surface area contributed by atoms with E-state index in [0.29, 0.717) is 0 Å². The normalized spacial score (nSPS) is 12.0. The third-order valence-electron chi connectivity index (χ3n) is 10.4. The van der Waals surface area contributed by atoms with Crippen molar-refractivity contribution in [3.8, 4) is 33.4 Å². The van der Waals surface area contributed by atoms with E-state index < -0.39 is 0 Å². The second kappa shape index (κ2) is 10.4. The maximum absolute atomic E-state index is 6.70. The molecule has 50 heavy (non-hydrogen) atoms. The van der Waals surface area contributed by atoms with Crippen molar-refractivity contribution in [1.82, 2.24) is 0 Å². The molecule has 11 rings (SSSR count). The van der Waals surface area contributed by atoms with Gasteiger partial charge in [0.1, 0.15) is 22.3 Å². The minimum Gasteiger partial charge on any atom is -0.456 e. The highest BCUT2D eigenvalue weighted by molar-refractivity contribution is 6.25. The first kappa shape index (κ1) is 27.3. The molecule has 11 aromatic rings. The van der Waals surface area contributed by atoms with E-state index in [0.717, 1.165) is 60.6 Å². The summed E-state index contributed by atoms with van der Waals surface area (Å²) in [6.07, 6.45) is 0. The highest BCUT2D eigenvalue weighted by Crippen LogP contribution is 2.48. The quantitative estimate of drug-likeness (QED) is 0.180. The van der Waals surface area contributed by atoms with Crippen LogP contribution in [-0.2, 0) is 0 Å². The fourth-order valence-corrected chi connectivity index (χ4v) is 8.26. The minimum atomic E-state index is 0.862. The molecule has 2 heterocycles. The monoisotopic (exact) mass is 636 g/mol. The van der Waals surface area contributed by atoms with Crippen LogP contribution in [0.5, 0.6) is 0 Å². The van der Waals surface area contributed by atoms with Gasteiger partial charge in [-0.2, -0.15) is 0 Å². The Hall–Kier alpha value is -6.64. The predicted octanol–water partition coefficient (Wildman–Crippen LogP) is 13.9. The Labute approximate surface area is 287 Å². The van der Waals surface area contributed by atoms with E-state index in [1.54, 1.807) is 0 Å². The highest BCUT2D eigenvalue weighted by atomic mass is 16.3. The third-order valence-corrected chi connectivity index (χ3v) is 10.4. The Morgan fingerprint density at radius 3 is 1.48 bits per heavy atom. The van der Waals surface area contributed by atoms with Crippen LogP contribution in [0, 0.1) is 0 Å². The van der Waals surface area contributed by atoms with Crippen LogP contribution in [0.4, 0.5) is 0 Å². The van der Waals surface area contributed by atoms with Gasteiger partial charge in [0.05, 0.1) is 0 Å². The molecular weight excluding hydrogens is 609 g/mol. The number of benzene rings is 9. The van der Waals surface area contributed by atoms with Crippen molar-refractivity contribution in [3.63, 3.8) is 0 Å². The van der Waals surface area contributed by atoms with Crippen molar-refractivity contribution in [1.29, 1.82) is 0 Å². The molecule has 0 spiro atoms. The van der Waals surface area contributed by atoms with E-state index in [9.17, 15) is 0 Å². The molecule has 0 atom stereocenters. The summed E-state index contributed by atoms with van der Waals surface area (Å²) < 4.78 is 13.2. The standard InChI is InChI=1S/C48H28O2/c1-2-13-30-26-33(25-24-29(30)12-1)45-37-19-5-3-17-35(37)44(36-18-4-6-20-38(36)45)31-14-11-15-32(27-31)46-47-39-21-8-10-23-42(39)49-43(47)28-40-34-16-7-9-22-41(34)50-48(40)46/h1-28H. The molecule has 0 bridgehead atoms. The van der Waals surface area contributed by atoms with Crippen molar-refractivity contribution in [2.45, 2.75) is 0 Å². The third kappa shape index (κ3) is 3.90. The second-order valence-electron chi connectivity index (χ2n) is 13.2. The molecule has 2 nitrogen and oxygen atoms in total. The number of fused-ring (bicyclic) bond motifs is 9. The van der Waals surface area contributed by atoms with Crippen LogP contribution in [0.2, 0.25) is 0 Å². The second-order valence-corrected chi connectivity index (χ2v) is 13.2. The molecule has 0 radical (unpaired) electrons. The van der Waals surface area contributed by atoms with Crippen LogP contribution < -0.4 is 0 Å². The molecule has 2 heteroatoms. The van der Waals surface area contributed by atoms with Gasteiger partial charge in [-0.1, -0.05) is 140 Å². The number of rotatable bonds is 3. The lowest BCUT2D eigenvalue weighted by molar-refractivity contribution is 0.664. The van der Waals surface area contributed by atoms with Crippen molar-refractivity contribution in [3.05, 3.63) is 170 Å². The first-order valence-corrected chi connectivity index (χ1v) is 17.1. The van der Waals surface area contributed by atoms with Crippen LogP contribution in [0.3, 0.4) is 0 Å². The largest absolute Gasteiger partial charge is 0.456 e. The van der Waals surface area contributed by atoms with Crippen molar-refractivity contribution in [2.75, 3.05) is 0 Å². The lowest BCUT2D eigenvalue weighted by atomic mass is 9.85. The first-order valence-electron chi connectivity index (χ1n) is 17.1. The van der Waals surface area contributed by atoms with E-state index in [-0.39, 0.29) is 0 Å². The van der Waals surface area contributed by atoms with Crippen molar-refractivity contribution < 1.29 is 8.83 Å². The molecule has 0 fully saturated rings. The lowest BCUT2D eigenvalue weighted by Crippen LogP contribution is -1.91. The van der Waals surface area contributed by atoms with Gasteiger partial charge in [0.15, 0.2) is 0 Å². The van der Waals surface area contributed by atoms with E-state index in [1.165, 1.54) is 49.0 Å². The topological polar surface area (TPSA) is 26.3 Å². The van der Waals surface area contributed by atoms with Crippen LogP contribution in [0.1, 0.15) is 0 Å². The number of para-hydroxylation sites is 2. The molecule has 0 unspecified atom stereocenters. The summed E-state index contributed by atoms with van der Waals surface area (Å²) in [6, 6.07) is 60.9. The first-order chi connectivity index (χ1) is 24.8. The highest BCUT2D eigenvalue weighted by Gasteiger charge is 2.22. The molecule has 9 aromatic carbocycles. The average molecular weight is 637 g/mol. The number of hydrogen-bond acceptors (Lipinski definition) is 2. The van der Waals surface area contributed by atoms with Gasteiger partial charge in [-0.25, -0.2) is 0 Å². The van der Waals surface area contributed by atoms with Crippen molar-refractivity contribution in [2.24, 2.45) is 0 Å².